The number of hydrogen-bond donors (Lipinski definition) is 0. The van der Waals surface area contributed by atoms with Crippen LogP contribution in [-0.2, 0) is 17.6 Å². The first-order valence-corrected chi connectivity index (χ1v) is 10.4. The van der Waals surface area contributed by atoms with Gasteiger partial charge in [0.25, 0.3) is 5.91 Å². The molecule has 1 aliphatic heterocycles. The third-order valence-electron chi connectivity index (χ3n) is 5.76. The van der Waals surface area contributed by atoms with Crippen LogP contribution < -0.4 is 0 Å². The number of carbonyl (C=O) groups excluding carboxylic acids is 1. The average molecular weight is 403 g/mol. The van der Waals surface area contributed by atoms with E-state index in [0.29, 0.717) is 37.0 Å². The molecule has 2 aliphatic rings. The van der Waals surface area contributed by atoms with Crippen molar-refractivity contribution in [3.05, 3.63) is 46.8 Å². The van der Waals surface area contributed by atoms with E-state index in [4.69, 9.17) is 4.74 Å². The Balaban J connectivity index is 1.52. The van der Waals surface area contributed by atoms with Crippen molar-refractivity contribution in [3.8, 4) is 5.69 Å². The van der Waals surface area contributed by atoms with Crippen molar-refractivity contribution in [3.63, 3.8) is 0 Å². The summed E-state index contributed by atoms with van der Waals surface area (Å²) in [5.41, 5.74) is 2.73. The Kier molecular flexibility index (Phi) is 5.67. The highest BCUT2D eigenvalue weighted by molar-refractivity contribution is 5.94. The molecular weight excluding hydrogens is 376 g/mol. The highest BCUT2D eigenvalue weighted by Crippen LogP contribution is 2.30. The molecule has 29 heavy (non-hydrogen) atoms. The van der Waals surface area contributed by atoms with E-state index >= 15 is 0 Å². The maximum atomic E-state index is 13.7. The highest BCUT2D eigenvalue weighted by atomic mass is 19.2. The second-order valence-corrected chi connectivity index (χ2v) is 8.35. The summed E-state index contributed by atoms with van der Waals surface area (Å²) in [7, 11) is 0. The van der Waals surface area contributed by atoms with Crippen LogP contribution in [0.3, 0.4) is 0 Å². The van der Waals surface area contributed by atoms with Gasteiger partial charge in [0.2, 0.25) is 0 Å². The second-order valence-electron chi connectivity index (χ2n) is 8.35. The highest BCUT2D eigenvalue weighted by Gasteiger charge is 2.33. The lowest BCUT2D eigenvalue weighted by Gasteiger charge is -2.16. The fourth-order valence-electron chi connectivity index (χ4n) is 4.11. The quantitative estimate of drug-likeness (QED) is 0.735. The van der Waals surface area contributed by atoms with Crippen molar-refractivity contribution in [1.29, 1.82) is 0 Å². The Labute approximate surface area is 169 Å². The second kappa shape index (κ2) is 8.22. The molecule has 7 heteroatoms. The number of amides is 1. The zero-order valence-corrected chi connectivity index (χ0v) is 17.0. The number of halogens is 2. The Bertz CT molecular complexity index is 910. The van der Waals surface area contributed by atoms with Crippen LogP contribution in [0, 0.1) is 17.6 Å². The van der Waals surface area contributed by atoms with Gasteiger partial charge in [0.15, 0.2) is 17.3 Å². The number of rotatable bonds is 6. The molecule has 2 aromatic rings. The SMILES string of the molecule is CC(C)CCOC1CCN(C(=O)c2nn(-c3ccc(F)c(F)c3)c3c2CCC3)C1. The van der Waals surface area contributed by atoms with E-state index in [1.807, 2.05) is 0 Å². The molecule has 0 saturated carbocycles. The maximum absolute atomic E-state index is 13.7. The van der Waals surface area contributed by atoms with E-state index in [9.17, 15) is 13.6 Å². The number of aromatic nitrogens is 2. The van der Waals surface area contributed by atoms with Crippen LogP contribution in [0.2, 0.25) is 0 Å². The molecule has 1 amide bonds. The van der Waals surface area contributed by atoms with Crippen molar-refractivity contribution in [2.24, 2.45) is 5.92 Å². The van der Waals surface area contributed by atoms with Crippen LogP contribution in [0.1, 0.15) is 54.9 Å². The van der Waals surface area contributed by atoms with Gasteiger partial charge in [-0.1, -0.05) is 13.8 Å². The van der Waals surface area contributed by atoms with Crippen molar-refractivity contribution >= 4 is 5.91 Å². The van der Waals surface area contributed by atoms with Crippen molar-refractivity contribution in [1.82, 2.24) is 14.7 Å². The topological polar surface area (TPSA) is 47.4 Å². The van der Waals surface area contributed by atoms with Gasteiger partial charge in [0, 0.05) is 37.0 Å². The number of hydrogen-bond acceptors (Lipinski definition) is 3. The summed E-state index contributed by atoms with van der Waals surface area (Å²) in [6, 6.07) is 3.71. The van der Waals surface area contributed by atoms with E-state index in [0.717, 1.165) is 55.5 Å². The Morgan fingerprint density at radius 3 is 2.86 bits per heavy atom. The van der Waals surface area contributed by atoms with Crippen molar-refractivity contribution in [2.45, 2.75) is 52.1 Å². The molecule has 1 atom stereocenters. The largest absolute Gasteiger partial charge is 0.376 e. The number of carbonyl (C=O) groups is 1. The molecule has 0 N–H and O–H groups in total. The smallest absolute Gasteiger partial charge is 0.274 e. The number of fused-ring (bicyclic) bond motifs is 1. The minimum atomic E-state index is -0.918. The van der Waals surface area contributed by atoms with Crippen molar-refractivity contribution in [2.75, 3.05) is 19.7 Å². The Hall–Kier alpha value is -2.28. The maximum Gasteiger partial charge on any atom is 0.274 e. The monoisotopic (exact) mass is 403 g/mol. The molecule has 4 rings (SSSR count). The van der Waals surface area contributed by atoms with E-state index in [1.54, 1.807) is 9.58 Å². The van der Waals surface area contributed by atoms with Crippen LogP contribution in [0.15, 0.2) is 18.2 Å². The lowest BCUT2D eigenvalue weighted by Crippen LogP contribution is -2.31. The van der Waals surface area contributed by atoms with Gasteiger partial charge in [-0.15, -0.1) is 0 Å². The molecule has 1 aliphatic carbocycles. The minimum Gasteiger partial charge on any atom is -0.376 e. The zero-order valence-electron chi connectivity index (χ0n) is 17.0. The molecule has 2 heterocycles. The average Bonchev–Trinajstić information content (AvgIpc) is 3.39. The fourth-order valence-corrected chi connectivity index (χ4v) is 4.11. The van der Waals surface area contributed by atoms with E-state index in [1.165, 1.54) is 6.07 Å². The summed E-state index contributed by atoms with van der Waals surface area (Å²) in [5, 5.41) is 4.52. The van der Waals surface area contributed by atoms with Gasteiger partial charge >= 0.3 is 0 Å². The van der Waals surface area contributed by atoms with Crippen LogP contribution in [-0.4, -0.2) is 46.4 Å². The van der Waals surface area contributed by atoms with Crippen LogP contribution >= 0.6 is 0 Å². The van der Waals surface area contributed by atoms with Crippen LogP contribution in [0.5, 0.6) is 0 Å². The predicted molar refractivity (Wildman–Crippen MR) is 105 cm³/mol. The number of nitrogens with zero attached hydrogens (tertiary/aromatic N) is 3. The molecule has 0 radical (unpaired) electrons. The molecule has 0 bridgehead atoms. The summed E-state index contributed by atoms with van der Waals surface area (Å²) in [6.07, 6.45) is 4.39. The van der Waals surface area contributed by atoms with E-state index < -0.39 is 11.6 Å². The van der Waals surface area contributed by atoms with E-state index in [-0.39, 0.29) is 12.0 Å². The minimum absolute atomic E-state index is 0.0685. The number of likely N-dealkylation sites (tertiary alicyclic amines) is 1. The fraction of sp³-hybridized carbons (Fsp3) is 0.545. The van der Waals surface area contributed by atoms with Gasteiger partial charge in [0.05, 0.1) is 11.8 Å². The van der Waals surface area contributed by atoms with Crippen LogP contribution in [0.4, 0.5) is 8.78 Å². The third kappa shape index (κ3) is 4.06. The summed E-state index contributed by atoms with van der Waals surface area (Å²) in [5.74, 6) is -1.32. The lowest BCUT2D eigenvalue weighted by atomic mass is 10.1. The predicted octanol–water partition coefficient (Wildman–Crippen LogP) is 3.92. The molecule has 1 unspecified atom stereocenters. The Morgan fingerprint density at radius 2 is 2.10 bits per heavy atom. The summed E-state index contributed by atoms with van der Waals surface area (Å²) in [4.78, 5) is 15.0. The first-order valence-electron chi connectivity index (χ1n) is 10.4. The molecule has 1 saturated heterocycles. The van der Waals surface area contributed by atoms with E-state index in [2.05, 4.69) is 18.9 Å². The van der Waals surface area contributed by atoms with Crippen LogP contribution in [0.25, 0.3) is 5.69 Å². The molecule has 0 spiro atoms. The third-order valence-corrected chi connectivity index (χ3v) is 5.76. The van der Waals surface area contributed by atoms with Gasteiger partial charge < -0.3 is 9.64 Å². The molecule has 1 aromatic carbocycles. The first kappa shape index (κ1) is 20.0. The van der Waals surface area contributed by atoms with Gasteiger partial charge in [0.1, 0.15) is 0 Å². The molecule has 1 aromatic heterocycles. The summed E-state index contributed by atoms with van der Waals surface area (Å²) in [6.45, 7) is 6.27. The molecular formula is C22H27F2N3O2. The molecule has 156 valence electrons. The van der Waals surface area contributed by atoms with Gasteiger partial charge in [-0.2, -0.15) is 5.10 Å². The zero-order chi connectivity index (χ0) is 20.5. The summed E-state index contributed by atoms with van der Waals surface area (Å²) >= 11 is 0. The lowest BCUT2D eigenvalue weighted by molar-refractivity contribution is 0.0482. The van der Waals surface area contributed by atoms with Gasteiger partial charge in [-0.05, 0) is 50.2 Å². The molecule has 5 nitrogen and oxygen atoms in total. The molecule has 1 fully saturated rings. The Morgan fingerprint density at radius 1 is 1.28 bits per heavy atom. The normalized spacial score (nSPS) is 18.7. The van der Waals surface area contributed by atoms with Crippen molar-refractivity contribution < 1.29 is 18.3 Å². The standard InChI is InChI=1S/C22H27F2N3O2/c1-14(2)9-11-29-16-8-10-26(13-16)22(28)21-17-4-3-5-20(17)27(25-21)15-6-7-18(23)19(24)12-15/h6-7,12,14,16H,3-5,8-11,13H2,1-2H3. The van der Waals surface area contributed by atoms with Gasteiger partial charge in [-0.3, -0.25) is 4.79 Å². The first-order chi connectivity index (χ1) is 13.9. The summed E-state index contributed by atoms with van der Waals surface area (Å²) < 4.78 is 34.6. The number of ether oxygens (including phenoxy) is 1. The van der Waals surface area contributed by atoms with Gasteiger partial charge in [-0.25, -0.2) is 13.5 Å². The number of benzene rings is 1.